The van der Waals surface area contributed by atoms with E-state index < -0.39 is 24.4 Å². The fraction of sp³-hybridized carbons (Fsp3) is 0.750. The molecule has 0 saturated heterocycles. The normalized spacial score (nSPS) is 30.6. The molecule has 2 amide bonds. The summed E-state index contributed by atoms with van der Waals surface area (Å²) in [5.74, 6) is 0. The summed E-state index contributed by atoms with van der Waals surface area (Å²) in [5, 5.41) is 0. The van der Waals surface area contributed by atoms with Crippen LogP contribution in [0.2, 0.25) is 0 Å². The lowest BCUT2D eigenvalue weighted by molar-refractivity contribution is 0.0107. The summed E-state index contributed by atoms with van der Waals surface area (Å²) in [6.45, 7) is 0. The van der Waals surface area contributed by atoms with Crippen LogP contribution in [0.3, 0.4) is 0 Å². The molecule has 1 fully saturated rings. The number of carbonyl (C=O) groups excluding carboxylic acids is 2. The van der Waals surface area contributed by atoms with Gasteiger partial charge in [0.25, 0.3) is 0 Å². The zero-order chi connectivity index (χ0) is 11.4. The van der Waals surface area contributed by atoms with E-state index in [1.807, 2.05) is 0 Å². The van der Waals surface area contributed by atoms with Gasteiger partial charge >= 0.3 is 12.2 Å². The number of hydrogen-bond acceptors (Lipinski definition) is 5. The summed E-state index contributed by atoms with van der Waals surface area (Å²) in [5.41, 5.74) is 15.5. The zero-order valence-corrected chi connectivity index (χ0v) is 8.22. The highest BCUT2D eigenvalue weighted by Gasteiger charge is 2.30. The van der Waals surface area contributed by atoms with E-state index in [0.717, 1.165) is 0 Å². The van der Waals surface area contributed by atoms with Crippen LogP contribution in [0.4, 0.5) is 9.59 Å². The van der Waals surface area contributed by atoms with Crippen LogP contribution >= 0.6 is 0 Å². The lowest BCUT2D eigenvalue weighted by Gasteiger charge is -2.31. The van der Waals surface area contributed by atoms with Crippen molar-refractivity contribution in [1.29, 1.82) is 0 Å². The first-order valence-corrected chi connectivity index (χ1v) is 4.65. The Kier molecular flexibility index (Phi) is 3.73. The van der Waals surface area contributed by atoms with E-state index in [9.17, 15) is 9.59 Å². The minimum Gasteiger partial charge on any atom is -0.446 e. The summed E-state index contributed by atoms with van der Waals surface area (Å²) in [6, 6.07) is -0.188. The smallest absolute Gasteiger partial charge is 0.404 e. The van der Waals surface area contributed by atoms with Crippen molar-refractivity contribution < 1.29 is 19.1 Å². The molecular weight excluding hydrogens is 202 g/mol. The van der Waals surface area contributed by atoms with Gasteiger partial charge in [0.15, 0.2) is 0 Å². The number of ether oxygens (including phenoxy) is 2. The number of amides is 2. The molecule has 1 saturated carbocycles. The van der Waals surface area contributed by atoms with Gasteiger partial charge < -0.3 is 26.7 Å². The minimum atomic E-state index is -0.855. The van der Waals surface area contributed by atoms with Crippen LogP contribution < -0.4 is 17.2 Å². The van der Waals surface area contributed by atoms with Crippen molar-refractivity contribution in [2.24, 2.45) is 17.2 Å². The van der Waals surface area contributed by atoms with Crippen molar-refractivity contribution in [3.8, 4) is 0 Å². The van der Waals surface area contributed by atoms with Crippen molar-refractivity contribution in [2.75, 3.05) is 0 Å². The highest BCUT2D eigenvalue weighted by Crippen LogP contribution is 2.22. The average molecular weight is 217 g/mol. The summed E-state index contributed by atoms with van der Waals surface area (Å²) in [7, 11) is 0. The predicted octanol–water partition coefficient (Wildman–Crippen LogP) is -0.575. The molecule has 0 aromatic heterocycles. The maximum atomic E-state index is 10.5. The molecule has 7 nitrogen and oxygen atoms in total. The molecule has 0 bridgehead atoms. The first-order valence-electron chi connectivity index (χ1n) is 4.65. The fourth-order valence-corrected chi connectivity index (χ4v) is 1.78. The largest absolute Gasteiger partial charge is 0.446 e. The molecule has 0 spiro atoms. The lowest BCUT2D eigenvalue weighted by Crippen LogP contribution is -2.42. The van der Waals surface area contributed by atoms with E-state index >= 15 is 0 Å². The molecule has 86 valence electrons. The molecule has 1 rings (SSSR count). The molecule has 6 N–H and O–H groups in total. The van der Waals surface area contributed by atoms with Crippen molar-refractivity contribution >= 4 is 12.2 Å². The lowest BCUT2D eigenvalue weighted by atomic mass is 9.91. The first kappa shape index (κ1) is 11.6. The standard InChI is InChI=1S/C8H15N3O4/c9-4-1-5(14-7(10)12)3-6(2-4)15-8(11)13/h4-6H,1-3,9H2,(H2,10,12)(H2,11,13). The summed E-state index contributed by atoms with van der Waals surface area (Å²) < 4.78 is 9.60. The van der Waals surface area contributed by atoms with Crippen LogP contribution in [0.15, 0.2) is 0 Å². The van der Waals surface area contributed by atoms with E-state index in [-0.39, 0.29) is 6.04 Å². The molecule has 2 unspecified atom stereocenters. The quantitative estimate of drug-likeness (QED) is 0.569. The van der Waals surface area contributed by atoms with Crippen LogP contribution in [0.5, 0.6) is 0 Å². The molecule has 0 radical (unpaired) electrons. The Morgan fingerprint density at radius 3 is 1.67 bits per heavy atom. The van der Waals surface area contributed by atoms with E-state index in [2.05, 4.69) is 0 Å². The second-order valence-corrected chi connectivity index (χ2v) is 3.58. The second kappa shape index (κ2) is 4.83. The third-order valence-corrected chi connectivity index (χ3v) is 2.22. The number of hydrogen-bond donors (Lipinski definition) is 3. The summed E-state index contributed by atoms with van der Waals surface area (Å²) in [6.07, 6.45) is -1.10. The molecule has 2 atom stereocenters. The molecule has 1 aliphatic rings. The molecule has 0 aliphatic heterocycles. The van der Waals surface area contributed by atoms with Crippen LogP contribution in [-0.4, -0.2) is 30.4 Å². The van der Waals surface area contributed by atoms with Crippen LogP contribution in [-0.2, 0) is 9.47 Å². The third kappa shape index (κ3) is 4.03. The third-order valence-electron chi connectivity index (χ3n) is 2.22. The topological polar surface area (TPSA) is 131 Å². The zero-order valence-electron chi connectivity index (χ0n) is 8.22. The monoisotopic (exact) mass is 217 g/mol. The molecule has 0 heterocycles. The van der Waals surface area contributed by atoms with Crippen LogP contribution in [0.1, 0.15) is 19.3 Å². The van der Waals surface area contributed by atoms with Gasteiger partial charge in [0.1, 0.15) is 12.2 Å². The maximum Gasteiger partial charge on any atom is 0.404 e. The van der Waals surface area contributed by atoms with Crippen molar-refractivity contribution in [2.45, 2.75) is 37.5 Å². The molecule has 15 heavy (non-hydrogen) atoms. The van der Waals surface area contributed by atoms with E-state index in [4.69, 9.17) is 26.7 Å². The van der Waals surface area contributed by atoms with E-state index in [1.54, 1.807) is 0 Å². The fourth-order valence-electron chi connectivity index (χ4n) is 1.78. The summed E-state index contributed by atoms with van der Waals surface area (Å²) in [4.78, 5) is 21.1. The number of rotatable bonds is 2. The Labute approximate surface area is 86.9 Å². The Hall–Kier alpha value is -1.50. The van der Waals surface area contributed by atoms with Crippen LogP contribution in [0.25, 0.3) is 0 Å². The number of nitrogens with two attached hydrogens (primary N) is 3. The van der Waals surface area contributed by atoms with Gasteiger partial charge in [-0.2, -0.15) is 0 Å². The Balaban J connectivity index is 2.47. The Bertz CT molecular complexity index is 234. The van der Waals surface area contributed by atoms with Gasteiger partial charge in [-0.25, -0.2) is 9.59 Å². The predicted molar refractivity (Wildman–Crippen MR) is 50.7 cm³/mol. The Morgan fingerprint density at radius 1 is 0.933 bits per heavy atom. The Morgan fingerprint density at radius 2 is 1.33 bits per heavy atom. The molecule has 0 aromatic rings. The molecular formula is C8H15N3O4. The maximum absolute atomic E-state index is 10.5. The van der Waals surface area contributed by atoms with Gasteiger partial charge in [0.2, 0.25) is 0 Å². The van der Waals surface area contributed by atoms with Gasteiger partial charge in [-0.15, -0.1) is 0 Å². The van der Waals surface area contributed by atoms with Gasteiger partial charge in [-0.3, -0.25) is 0 Å². The average Bonchev–Trinajstić information content (AvgIpc) is 1.98. The van der Waals surface area contributed by atoms with Gasteiger partial charge in [-0.05, 0) is 12.8 Å². The molecule has 7 heteroatoms. The highest BCUT2D eigenvalue weighted by molar-refractivity contribution is 5.65. The molecule has 0 aromatic carbocycles. The number of primary amides is 2. The van der Waals surface area contributed by atoms with Crippen molar-refractivity contribution in [3.05, 3.63) is 0 Å². The minimum absolute atomic E-state index is 0.188. The van der Waals surface area contributed by atoms with E-state index in [1.165, 1.54) is 0 Å². The van der Waals surface area contributed by atoms with Gasteiger partial charge in [-0.1, -0.05) is 0 Å². The SMILES string of the molecule is NC(=O)OC1CC(N)CC(OC(N)=O)C1. The van der Waals surface area contributed by atoms with Crippen molar-refractivity contribution in [1.82, 2.24) is 0 Å². The van der Waals surface area contributed by atoms with Gasteiger partial charge in [0.05, 0.1) is 0 Å². The van der Waals surface area contributed by atoms with Gasteiger partial charge in [0, 0.05) is 12.5 Å². The van der Waals surface area contributed by atoms with E-state index in [0.29, 0.717) is 19.3 Å². The van der Waals surface area contributed by atoms with Crippen LogP contribution in [0, 0.1) is 0 Å². The van der Waals surface area contributed by atoms with Crippen molar-refractivity contribution in [3.63, 3.8) is 0 Å². The first-order chi connectivity index (χ1) is 6.97. The highest BCUT2D eigenvalue weighted by atomic mass is 16.6. The summed E-state index contributed by atoms with van der Waals surface area (Å²) >= 11 is 0. The molecule has 1 aliphatic carbocycles. The second-order valence-electron chi connectivity index (χ2n) is 3.58. The number of carbonyl (C=O) groups is 2.